The van der Waals surface area contributed by atoms with Crippen LogP contribution in [0.2, 0.25) is 0 Å². The Bertz CT molecular complexity index is 1680. The van der Waals surface area contributed by atoms with Crippen molar-refractivity contribution in [2.24, 2.45) is 0 Å². The molecule has 0 fully saturated rings. The zero-order valence-corrected chi connectivity index (χ0v) is 18.8. The lowest BCUT2D eigenvalue weighted by Crippen LogP contribution is -1.81. The summed E-state index contributed by atoms with van der Waals surface area (Å²) in [6.45, 7) is 0. The van der Waals surface area contributed by atoms with Gasteiger partial charge in [-0.1, -0.05) is 109 Å². The standard InChI is InChI=1S/C32H20S/c1-3-11-25-21(7-1)9-5-13-27(25)23-15-17-29-30-18-16-24(20-32(30)33-31(29)19-23)28-14-6-10-22-8-2-4-12-26(22)28/h1-20H. The van der Waals surface area contributed by atoms with Crippen LogP contribution in [0, 0.1) is 0 Å². The van der Waals surface area contributed by atoms with Crippen LogP contribution < -0.4 is 0 Å². The molecular weight excluding hydrogens is 416 g/mol. The molecule has 1 aromatic heterocycles. The highest BCUT2D eigenvalue weighted by Gasteiger charge is 2.11. The van der Waals surface area contributed by atoms with Gasteiger partial charge in [0.1, 0.15) is 0 Å². The highest BCUT2D eigenvalue weighted by Crippen LogP contribution is 2.40. The van der Waals surface area contributed by atoms with Crippen LogP contribution in [0.15, 0.2) is 121 Å². The molecule has 7 rings (SSSR count). The largest absolute Gasteiger partial charge is 0.135 e. The summed E-state index contributed by atoms with van der Waals surface area (Å²) in [5.74, 6) is 0. The van der Waals surface area contributed by atoms with Crippen LogP contribution in [0.1, 0.15) is 0 Å². The average molecular weight is 437 g/mol. The lowest BCUT2D eigenvalue weighted by molar-refractivity contribution is 1.69. The van der Waals surface area contributed by atoms with E-state index in [2.05, 4.69) is 121 Å². The summed E-state index contributed by atoms with van der Waals surface area (Å²) in [5.41, 5.74) is 5.15. The summed E-state index contributed by atoms with van der Waals surface area (Å²) < 4.78 is 2.68. The predicted octanol–water partition coefficient (Wildman–Crippen LogP) is 9.69. The second-order valence-electron chi connectivity index (χ2n) is 8.58. The molecule has 0 atom stereocenters. The van der Waals surface area contributed by atoms with Crippen molar-refractivity contribution >= 4 is 53.1 Å². The maximum absolute atomic E-state index is 2.36. The van der Waals surface area contributed by atoms with E-state index in [1.54, 1.807) is 0 Å². The van der Waals surface area contributed by atoms with Crippen LogP contribution in [0.3, 0.4) is 0 Å². The molecule has 0 bridgehead atoms. The van der Waals surface area contributed by atoms with E-state index in [1.165, 1.54) is 64.0 Å². The molecule has 154 valence electrons. The first-order valence-electron chi connectivity index (χ1n) is 11.3. The molecule has 0 saturated carbocycles. The lowest BCUT2D eigenvalue weighted by Gasteiger charge is -2.07. The van der Waals surface area contributed by atoms with E-state index in [-0.39, 0.29) is 0 Å². The fourth-order valence-electron chi connectivity index (χ4n) is 5.07. The summed E-state index contributed by atoms with van der Waals surface area (Å²) >= 11 is 1.89. The monoisotopic (exact) mass is 436 g/mol. The van der Waals surface area contributed by atoms with E-state index in [9.17, 15) is 0 Å². The first-order chi connectivity index (χ1) is 16.3. The molecule has 0 aliphatic heterocycles. The molecule has 0 spiro atoms. The van der Waals surface area contributed by atoms with Crippen molar-refractivity contribution in [3.63, 3.8) is 0 Å². The first kappa shape index (κ1) is 18.6. The summed E-state index contributed by atoms with van der Waals surface area (Å²) in [7, 11) is 0. The Hall–Kier alpha value is -3.94. The van der Waals surface area contributed by atoms with Gasteiger partial charge in [0.2, 0.25) is 0 Å². The number of hydrogen-bond acceptors (Lipinski definition) is 1. The topological polar surface area (TPSA) is 0 Å². The molecule has 1 heteroatoms. The molecule has 0 radical (unpaired) electrons. The number of hydrogen-bond donors (Lipinski definition) is 0. The summed E-state index contributed by atoms with van der Waals surface area (Å²) in [5, 5.41) is 7.85. The second kappa shape index (κ2) is 7.30. The third-order valence-corrected chi connectivity index (χ3v) is 7.79. The van der Waals surface area contributed by atoms with Gasteiger partial charge in [-0.25, -0.2) is 0 Å². The van der Waals surface area contributed by atoms with Crippen LogP contribution in [0.5, 0.6) is 0 Å². The molecule has 0 saturated heterocycles. The van der Waals surface area contributed by atoms with Crippen molar-refractivity contribution in [2.75, 3.05) is 0 Å². The average Bonchev–Trinajstić information content (AvgIpc) is 3.25. The Morgan fingerprint density at radius 2 is 0.818 bits per heavy atom. The van der Waals surface area contributed by atoms with Crippen molar-refractivity contribution in [3.8, 4) is 22.3 Å². The normalized spacial score (nSPS) is 11.6. The number of fused-ring (bicyclic) bond motifs is 5. The molecule has 0 unspecified atom stereocenters. The Morgan fingerprint density at radius 3 is 1.33 bits per heavy atom. The molecule has 0 nitrogen and oxygen atoms in total. The van der Waals surface area contributed by atoms with E-state index >= 15 is 0 Å². The van der Waals surface area contributed by atoms with Crippen molar-refractivity contribution in [1.29, 1.82) is 0 Å². The third kappa shape index (κ3) is 2.97. The van der Waals surface area contributed by atoms with Crippen LogP contribution in [0.4, 0.5) is 0 Å². The van der Waals surface area contributed by atoms with Gasteiger partial charge in [0.15, 0.2) is 0 Å². The minimum Gasteiger partial charge on any atom is -0.135 e. The molecular formula is C32H20S. The number of rotatable bonds is 2. The molecule has 0 aliphatic rings. The predicted molar refractivity (Wildman–Crippen MR) is 145 cm³/mol. The van der Waals surface area contributed by atoms with Gasteiger partial charge in [0.05, 0.1) is 0 Å². The minimum atomic E-state index is 1.28. The Morgan fingerprint density at radius 1 is 0.364 bits per heavy atom. The summed E-state index contributed by atoms with van der Waals surface area (Å²) in [4.78, 5) is 0. The number of benzene rings is 6. The van der Waals surface area contributed by atoms with E-state index in [0.717, 1.165) is 0 Å². The van der Waals surface area contributed by atoms with Crippen LogP contribution in [0.25, 0.3) is 64.0 Å². The van der Waals surface area contributed by atoms with Crippen molar-refractivity contribution < 1.29 is 0 Å². The third-order valence-electron chi connectivity index (χ3n) is 6.67. The maximum Gasteiger partial charge on any atom is 0.0361 e. The molecule has 1 heterocycles. The second-order valence-corrected chi connectivity index (χ2v) is 9.66. The molecule has 7 aromatic rings. The SMILES string of the molecule is c1ccc2c(-c3ccc4c(c3)sc3cc(-c5cccc6ccccc56)ccc34)cccc2c1. The van der Waals surface area contributed by atoms with Gasteiger partial charge in [0.25, 0.3) is 0 Å². The summed E-state index contributed by atoms with van der Waals surface area (Å²) in [6, 6.07) is 44.3. The minimum absolute atomic E-state index is 1.28. The van der Waals surface area contributed by atoms with Crippen LogP contribution >= 0.6 is 11.3 Å². The fourth-order valence-corrected chi connectivity index (χ4v) is 6.25. The van der Waals surface area contributed by atoms with Crippen molar-refractivity contribution in [1.82, 2.24) is 0 Å². The Balaban J connectivity index is 1.40. The highest BCUT2D eigenvalue weighted by atomic mass is 32.1. The van der Waals surface area contributed by atoms with Gasteiger partial charge in [-0.15, -0.1) is 11.3 Å². The lowest BCUT2D eigenvalue weighted by atomic mass is 9.96. The fraction of sp³-hybridized carbons (Fsp3) is 0. The van der Waals surface area contributed by atoms with Crippen molar-refractivity contribution in [2.45, 2.75) is 0 Å². The van der Waals surface area contributed by atoms with Crippen LogP contribution in [-0.2, 0) is 0 Å². The zero-order valence-electron chi connectivity index (χ0n) is 18.0. The molecule has 0 aliphatic carbocycles. The summed E-state index contributed by atoms with van der Waals surface area (Å²) in [6.07, 6.45) is 0. The smallest absolute Gasteiger partial charge is 0.0361 e. The quantitative estimate of drug-likeness (QED) is 0.253. The van der Waals surface area contributed by atoms with Crippen molar-refractivity contribution in [3.05, 3.63) is 121 Å². The highest BCUT2D eigenvalue weighted by molar-refractivity contribution is 7.25. The first-order valence-corrected chi connectivity index (χ1v) is 12.1. The van der Waals surface area contributed by atoms with Gasteiger partial charge >= 0.3 is 0 Å². The number of thiophene rings is 1. The van der Waals surface area contributed by atoms with Crippen LogP contribution in [-0.4, -0.2) is 0 Å². The van der Waals surface area contributed by atoms with E-state index in [1.807, 2.05) is 11.3 Å². The molecule has 0 amide bonds. The van der Waals surface area contributed by atoms with Gasteiger partial charge in [-0.2, -0.15) is 0 Å². The van der Waals surface area contributed by atoms with Gasteiger partial charge < -0.3 is 0 Å². The van der Waals surface area contributed by atoms with E-state index in [4.69, 9.17) is 0 Å². The maximum atomic E-state index is 2.36. The van der Waals surface area contributed by atoms with E-state index < -0.39 is 0 Å². The van der Waals surface area contributed by atoms with Gasteiger partial charge in [-0.3, -0.25) is 0 Å². The van der Waals surface area contributed by atoms with E-state index in [0.29, 0.717) is 0 Å². The molecule has 33 heavy (non-hydrogen) atoms. The Labute approximate surface area is 196 Å². The molecule has 6 aromatic carbocycles. The molecule has 0 N–H and O–H groups in total. The zero-order chi connectivity index (χ0) is 21.8. The Kier molecular flexibility index (Phi) is 4.12. The van der Waals surface area contributed by atoms with Gasteiger partial charge in [-0.05, 0) is 55.9 Å². The van der Waals surface area contributed by atoms with Gasteiger partial charge in [0, 0.05) is 20.2 Å².